The first-order chi connectivity index (χ1) is 5.43. The molecule has 7 heteroatoms. The number of carbonyl (C=O) groups excluding carboxylic acids is 1. The Bertz CT molecular complexity index is 238. The minimum Gasteiger partial charge on any atom is -0.320 e. The van der Waals surface area contributed by atoms with Crippen molar-refractivity contribution in [2.45, 2.75) is 18.9 Å². The molecule has 0 unspecified atom stereocenters. The molecule has 1 fully saturated rings. The minimum absolute atomic E-state index is 0.0941. The molecule has 0 aromatic rings. The van der Waals surface area contributed by atoms with Crippen LogP contribution in [0.3, 0.4) is 0 Å². The summed E-state index contributed by atoms with van der Waals surface area (Å²) in [6.45, 7) is 0.0941. The highest BCUT2D eigenvalue weighted by molar-refractivity contribution is 7.49. The van der Waals surface area contributed by atoms with Gasteiger partial charge >= 0.3 is 7.75 Å². The van der Waals surface area contributed by atoms with E-state index in [4.69, 9.17) is 15.5 Å². The molecule has 12 heavy (non-hydrogen) atoms. The lowest BCUT2D eigenvalue weighted by atomic mass is 10.1. The zero-order chi connectivity index (χ0) is 9.35. The molecule has 6 nitrogen and oxygen atoms in total. The summed E-state index contributed by atoms with van der Waals surface area (Å²) in [4.78, 5) is 28.5. The molecule has 0 spiro atoms. The monoisotopic (exact) mass is 194 g/mol. The summed E-state index contributed by atoms with van der Waals surface area (Å²) >= 11 is 0. The number of carbonyl (C=O) groups is 1. The Morgan fingerprint density at radius 1 is 1.58 bits per heavy atom. The van der Waals surface area contributed by atoms with Gasteiger partial charge < -0.3 is 15.5 Å². The van der Waals surface area contributed by atoms with Gasteiger partial charge in [-0.25, -0.2) is 9.24 Å². The van der Waals surface area contributed by atoms with Gasteiger partial charge in [0.25, 0.3) is 0 Å². The van der Waals surface area contributed by atoms with Gasteiger partial charge in [-0.2, -0.15) is 0 Å². The van der Waals surface area contributed by atoms with Crippen molar-refractivity contribution in [1.29, 1.82) is 0 Å². The Morgan fingerprint density at radius 3 is 2.58 bits per heavy atom. The maximum absolute atomic E-state index is 11.1. The normalized spacial score (nSPS) is 26.1. The second kappa shape index (κ2) is 3.14. The molecule has 1 amide bonds. The van der Waals surface area contributed by atoms with E-state index in [1.807, 2.05) is 0 Å². The van der Waals surface area contributed by atoms with Gasteiger partial charge in [-0.05, 0) is 12.8 Å². The molecule has 70 valence electrons. The Morgan fingerprint density at radius 2 is 2.17 bits per heavy atom. The second-order valence-electron chi connectivity index (χ2n) is 2.72. The van der Waals surface area contributed by atoms with E-state index in [1.165, 1.54) is 0 Å². The topological polar surface area (TPSA) is 104 Å². The average Bonchev–Trinajstić information content (AvgIpc) is 1.92. The zero-order valence-corrected chi connectivity index (χ0v) is 7.28. The van der Waals surface area contributed by atoms with E-state index >= 15 is 0 Å². The number of hydrogen-bond donors (Lipinski definition) is 3. The molecular formula is C5H11N2O4P. The molecular weight excluding hydrogens is 183 g/mol. The molecule has 0 saturated carbocycles. The highest BCUT2D eigenvalue weighted by Crippen LogP contribution is 2.41. The van der Waals surface area contributed by atoms with E-state index in [0.717, 1.165) is 0 Å². The number of amides is 1. The molecule has 1 saturated heterocycles. The van der Waals surface area contributed by atoms with E-state index in [9.17, 15) is 9.36 Å². The lowest BCUT2D eigenvalue weighted by Gasteiger charge is -2.30. The van der Waals surface area contributed by atoms with Crippen LogP contribution in [0.15, 0.2) is 0 Å². The molecule has 1 heterocycles. The van der Waals surface area contributed by atoms with Gasteiger partial charge in [-0.3, -0.25) is 4.79 Å². The van der Waals surface area contributed by atoms with E-state index in [1.54, 1.807) is 0 Å². The summed E-state index contributed by atoms with van der Waals surface area (Å²) in [6.07, 6.45) is 1.04. The van der Waals surface area contributed by atoms with Crippen LogP contribution in [-0.4, -0.2) is 33.0 Å². The highest BCUT2D eigenvalue weighted by atomic mass is 31.2. The summed E-state index contributed by atoms with van der Waals surface area (Å²) in [7, 11) is -4.43. The first kappa shape index (κ1) is 9.67. The minimum atomic E-state index is -4.43. The van der Waals surface area contributed by atoms with Gasteiger partial charge in [0.1, 0.15) is 0 Å². The largest absolute Gasteiger partial charge is 0.432 e. The predicted octanol–water partition coefficient (Wildman–Crippen LogP) is -0.971. The first-order valence-electron chi connectivity index (χ1n) is 3.56. The molecule has 0 radical (unpaired) electrons. The smallest absolute Gasteiger partial charge is 0.320 e. The molecule has 4 N–H and O–H groups in total. The van der Waals surface area contributed by atoms with Crippen LogP contribution in [0.25, 0.3) is 0 Å². The third-order valence-electron chi connectivity index (χ3n) is 1.77. The molecule has 1 aliphatic rings. The van der Waals surface area contributed by atoms with Crippen LogP contribution in [0, 0.1) is 0 Å². The van der Waals surface area contributed by atoms with Crippen LogP contribution < -0.4 is 5.73 Å². The Hall–Kier alpha value is -0.420. The molecule has 0 aromatic carbocycles. The fourth-order valence-corrected chi connectivity index (χ4v) is 1.95. The Kier molecular flexibility index (Phi) is 2.53. The first-order valence-corrected chi connectivity index (χ1v) is 5.12. The standard InChI is InChI=1S/C5H11N2O4P/c6-4-2-1-3-7(5(4)8)12(9,10)11/h4H,1-3,6H2,(H2,9,10,11)/t4-/m0/s1. The molecule has 1 rings (SSSR count). The quantitative estimate of drug-likeness (QED) is 0.466. The SMILES string of the molecule is N[C@H]1CCCN(P(=O)(O)O)C1=O. The summed E-state index contributed by atoms with van der Waals surface area (Å²) < 4.78 is 11.2. The van der Waals surface area contributed by atoms with Crippen LogP contribution in [0.5, 0.6) is 0 Å². The van der Waals surface area contributed by atoms with Gasteiger partial charge in [0, 0.05) is 6.54 Å². The van der Waals surface area contributed by atoms with Gasteiger partial charge in [-0.1, -0.05) is 0 Å². The lowest BCUT2D eigenvalue weighted by Crippen LogP contribution is -2.46. The summed E-state index contributed by atoms with van der Waals surface area (Å²) in [6, 6.07) is -0.758. The number of nitrogens with zero attached hydrogens (tertiary/aromatic N) is 1. The van der Waals surface area contributed by atoms with E-state index in [0.29, 0.717) is 17.5 Å². The highest BCUT2D eigenvalue weighted by Gasteiger charge is 2.36. The molecule has 0 aromatic heterocycles. The van der Waals surface area contributed by atoms with Crippen LogP contribution in [0.1, 0.15) is 12.8 Å². The molecule has 0 aliphatic carbocycles. The van der Waals surface area contributed by atoms with Crippen molar-refractivity contribution >= 4 is 13.7 Å². The van der Waals surface area contributed by atoms with Crippen molar-refractivity contribution in [2.24, 2.45) is 5.73 Å². The molecule has 1 aliphatic heterocycles. The maximum Gasteiger partial charge on any atom is 0.432 e. The van der Waals surface area contributed by atoms with Crippen molar-refractivity contribution in [3.05, 3.63) is 0 Å². The average molecular weight is 194 g/mol. The fraction of sp³-hybridized carbons (Fsp3) is 0.800. The molecule has 0 bridgehead atoms. The second-order valence-corrected chi connectivity index (χ2v) is 4.23. The van der Waals surface area contributed by atoms with Crippen molar-refractivity contribution in [3.63, 3.8) is 0 Å². The Labute approximate surface area is 69.6 Å². The van der Waals surface area contributed by atoms with Crippen LogP contribution in [-0.2, 0) is 9.36 Å². The number of rotatable bonds is 1. The van der Waals surface area contributed by atoms with Crippen molar-refractivity contribution in [2.75, 3.05) is 6.54 Å². The van der Waals surface area contributed by atoms with Crippen LogP contribution in [0.4, 0.5) is 0 Å². The van der Waals surface area contributed by atoms with E-state index in [-0.39, 0.29) is 6.54 Å². The van der Waals surface area contributed by atoms with Gasteiger partial charge in [0.05, 0.1) is 6.04 Å². The number of piperidine rings is 1. The number of nitrogens with two attached hydrogens (primary N) is 1. The number of hydrogen-bond acceptors (Lipinski definition) is 3. The third-order valence-corrected chi connectivity index (χ3v) is 2.80. The Balaban J connectivity index is 2.78. The lowest BCUT2D eigenvalue weighted by molar-refractivity contribution is -0.130. The van der Waals surface area contributed by atoms with E-state index < -0.39 is 19.7 Å². The van der Waals surface area contributed by atoms with Crippen molar-refractivity contribution < 1.29 is 19.1 Å². The zero-order valence-electron chi connectivity index (χ0n) is 6.38. The predicted molar refractivity (Wildman–Crippen MR) is 41.0 cm³/mol. The maximum atomic E-state index is 11.1. The fourth-order valence-electron chi connectivity index (χ4n) is 1.14. The van der Waals surface area contributed by atoms with Crippen molar-refractivity contribution in [1.82, 2.24) is 4.67 Å². The summed E-state index contributed by atoms with van der Waals surface area (Å²) in [5, 5.41) is 0. The van der Waals surface area contributed by atoms with Gasteiger partial charge in [0.2, 0.25) is 5.91 Å². The van der Waals surface area contributed by atoms with Gasteiger partial charge in [-0.15, -0.1) is 0 Å². The summed E-state index contributed by atoms with van der Waals surface area (Å²) in [5.41, 5.74) is 5.33. The molecule has 1 atom stereocenters. The van der Waals surface area contributed by atoms with Gasteiger partial charge in [0.15, 0.2) is 0 Å². The summed E-state index contributed by atoms with van der Waals surface area (Å²) in [5.74, 6) is -0.658. The third kappa shape index (κ3) is 1.84. The van der Waals surface area contributed by atoms with Crippen molar-refractivity contribution in [3.8, 4) is 0 Å². The van der Waals surface area contributed by atoms with E-state index in [2.05, 4.69) is 0 Å². The van der Waals surface area contributed by atoms with Crippen LogP contribution >= 0.6 is 7.75 Å². The van der Waals surface area contributed by atoms with Crippen LogP contribution in [0.2, 0.25) is 0 Å².